The maximum Gasteiger partial charge on any atom is 0.231 e. The topological polar surface area (TPSA) is 50.7 Å². The van der Waals surface area contributed by atoms with Crippen LogP contribution in [-0.4, -0.2) is 24.0 Å². The van der Waals surface area contributed by atoms with Gasteiger partial charge in [0.1, 0.15) is 0 Å². The molecule has 104 valence electrons. The Morgan fingerprint density at radius 2 is 1.95 bits per heavy atom. The lowest BCUT2D eigenvalue weighted by atomic mass is 9.92. The minimum absolute atomic E-state index is 0.200. The molecule has 0 spiro atoms. The van der Waals surface area contributed by atoms with Crippen molar-refractivity contribution in [1.29, 1.82) is 0 Å². The van der Waals surface area contributed by atoms with Crippen LogP contribution in [0.5, 0.6) is 11.5 Å². The second kappa shape index (κ2) is 5.69. The monoisotopic (exact) mass is 327 g/mol. The first-order chi connectivity index (χ1) is 9.24. The molecular weight excluding hydrogens is 310 g/mol. The fraction of sp³-hybridized carbons (Fsp3) is 0.571. The van der Waals surface area contributed by atoms with E-state index in [0.717, 1.165) is 47.3 Å². The zero-order chi connectivity index (χ0) is 13.2. The molecule has 0 saturated heterocycles. The molecule has 2 unspecified atom stereocenters. The van der Waals surface area contributed by atoms with Crippen LogP contribution in [0.4, 0.5) is 0 Å². The summed E-state index contributed by atoms with van der Waals surface area (Å²) in [6.45, 7) is 1.01. The fourth-order valence-electron chi connectivity index (χ4n) is 2.69. The van der Waals surface area contributed by atoms with E-state index in [9.17, 15) is 5.11 Å². The van der Waals surface area contributed by atoms with Gasteiger partial charge in [0.25, 0.3) is 0 Å². The highest BCUT2D eigenvalue weighted by Gasteiger charge is 2.23. The van der Waals surface area contributed by atoms with Crippen molar-refractivity contribution in [2.24, 2.45) is 0 Å². The quantitative estimate of drug-likeness (QED) is 0.895. The van der Waals surface area contributed by atoms with Crippen molar-refractivity contribution in [3.8, 4) is 11.5 Å². The molecule has 3 rings (SSSR count). The normalized spacial score (nSPS) is 25.6. The minimum atomic E-state index is -0.221. The number of halogens is 1. The summed E-state index contributed by atoms with van der Waals surface area (Å²) in [5.41, 5.74) is 1.13. The molecule has 1 aliphatic carbocycles. The van der Waals surface area contributed by atoms with Gasteiger partial charge in [0.05, 0.1) is 6.10 Å². The lowest BCUT2D eigenvalue weighted by Crippen LogP contribution is -2.41. The summed E-state index contributed by atoms with van der Waals surface area (Å²) in [6.07, 6.45) is 4.05. The largest absolute Gasteiger partial charge is 0.454 e. The van der Waals surface area contributed by atoms with E-state index in [1.807, 2.05) is 12.1 Å². The van der Waals surface area contributed by atoms with E-state index in [0.29, 0.717) is 6.79 Å². The maximum atomic E-state index is 9.95. The van der Waals surface area contributed by atoms with Crippen LogP contribution in [0.2, 0.25) is 0 Å². The lowest BCUT2D eigenvalue weighted by Gasteiger charge is -2.28. The second-order valence-electron chi connectivity index (χ2n) is 5.14. The molecule has 1 saturated carbocycles. The average molecular weight is 328 g/mol. The van der Waals surface area contributed by atoms with Crippen LogP contribution in [0, 0.1) is 0 Å². The zero-order valence-corrected chi connectivity index (χ0v) is 12.3. The predicted octanol–water partition coefficient (Wildman–Crippen LogP) is 2.57. The van der Waals surface area contributed by atoms with Crippen molar-refractivity contribution in [2.45, 2.75) is 44.4 Å². The van der Waals surface area contributed by atoms with Gasteiger partial charge < -0.3 is 19.9 Å². The number of hydrogen-bond acceptors (Lipinski definition) is 4. The van der Waals surface area contributed by atoms with Crippen LogP contribution < -0.4 is 14.8 Å². The third-order valence-corrected chi connectivity index (χ3v) is 4.56. The lowest BCUT2D eigenvalue weighted by molar-refractivity contribution is 0.0902. The Hall–Kier alpha value is -0.780. The number of rotatable bonds is 3. The second-order valence-corrected chi connectivity index (χ2v) is 5.99. The molecule has 0 bridgehead atoms. The Kier molecular flexibility index (Phi) is 3.96. The molecule has 1 heterocycles. The molecule has 1 fully saturated rings. The van der Waals surface area contributed by atoms with Crippen LogP contribution >= 0.6 is 15.9 Å². The van der Waals surface area contributed by atoms with E-state index in [1.54, 1.807) is 0 Å². The maximum absolute atomic E-state index is 9.95. The van der Waals surface area contributed by atoms with Crippen molar-refractivity contribution in [3.05, 3.63) is 22.2 Å². The number of aliphatic hydroxyl groups excluding tert-OH is 1. The standard InChI is InChI=1S/C14H18BrNO3/c15-10-6-14-13(18-8-19-14)5-9(10)7-16-11-3-1-2-4-12(11)17/h5-6,11-12,16-17H,1-4,7-8H2. The zero-order valence-electron chi connectivity index (χ0n) is 10.7. The van der Waals surface area contributed by atoms with Crippen molar-refractivity contribution in [3.63, 3.8) is 0 Å². The molecule has 1 aromatic carbocycles. The van der Waals surface area contributed by atoms with E-state index in [-0.39, 0.29) is 12.1 Å². The summed E-state index contributed by atoms with van der Waals surface area (Å²) in [5, 5.41) is 13.4. The Morgan fingerprint density at radius 1 is 1.21 bits per heavy atom. The van der Waals surface area contributed by atoms with Gasteiger partial charge in [0, 0.05) is 17.1 Å². The van der Waals surface area contributed by atoms with Crippen LogP contribution in [0.15, 0.2) is 16.6 Å². The molecule has 2 atom stereocenters. The molecule has 4 nitrogen and oxygen atoms in total. The molecular formula is C14H18BrNO3. The highest BCUT2D eigenvalue weighted by Crippen LogP contribution is 2.37. The Balaban J connectivity index is 1.66. The van der Waals surface area contributed by atoms with Crippen LogP contribution in [-0.2, 0) is 6.54 Å². The van der Waals surface area contributed by atoms with E-state index in [2.05, 4.69) is 21.2 Å². The number of ether oxygens (including phenoxy) is 2. The highest BCUT2D eigenvalue weighted by atomic mass is 79.9. The summed E-state index contributed by atoms with van der Waals surface area (Å²) in [7, 11) is 0. The van der Waals surface area contributed by atoms with Crippen molar-refractivity contribution in [2.75, 3.05) is 6.79 Å². The molecule has 0 amide bonds. The van der Waals surface area contributed by atoms with E-state index >= 15 is 0 Å². The van der Waals surface area contributed by atoms with Gasteiger partial charge in [0.15, 0.2) is 11.5 Å². The van der Waals surface area contributed by atoms with Crippen molar-refractivity contribution < 1.29 is 14.6 Å². The van der Waals surface area contributed by atoms with Crippen LogP contribution in [0.25, 0.3) is 0 Å². The molecule has 0 radical (unpaired) electrons. The van der Waals surface area contributed by atoms with Gasteiger partial charge >= 0.3 is 0 Å². The van der Waals surface area contributed by atoms with E-state index in [1.165, 1.54) is 6.42 Å². The van der Waals surface area contributed by atoms with Crippen molar-refractivity contribution in [1.82, 2.24) is 5.32 Å². The van der Waals surface area contributed by atoms with E-state index < -0.39 is 0 Å². The number of nitrogens with one attached hydrogen (secondary N) is 1. The molecule has 2 N–H and O–H groups in total. The third-order valence-electron chi connectivity index (χ3n) is 3.83. The number of hydrogen-bond donors (Lipinski definition) is 2. The number of fused-ring (bicyclic) bond motifs is 1. The number of aliphatic hydroxyl groups is 1. The van der Waals surface area contributed by atoms with Gasteiger partial charge in [-0.05, 0) is 30.5 Å². The summed E-state index contributed by atoms with van der Waals surface area (Å²) in [4.78, 5) is 0. The van der Waals surface area contributed by atoms with Gasteiger partial charge in [-0.3, -0.25) is 0 Å². The van der Waals surface area contributed by atoms with Crippen LogP contribution in [0.3, 0.4) is 0 Å². The molecule has 0 aromatic heterocycles. The molecule has 19 heavy (non-hydrogen) atoms. The van der Waals surface area contributed by atoms with Gasteiger partial charge in [-0.2, -0.15) is 0 Å². The Labute approximate surface area is 121 Å². The van der Waals surface area contributed by atoms with Gasteiger partial charge in [-0.1, -0.05) is 28.8 Å². The first-order valence-corrected chi connectivity index (χ1v) is 7.53. The average Bonchev–Trinajstić information content (AvgIpc) is 2.84. The van der Waals surface area contributed by atoms with Gasteiger partial charge in [0.2, 0.25) is 6.79 Å². The van der Waals surface area contributed by atoms with Crippen LogP contribution in [0.1, 0.15) is 31.2 Å². The van der Waals surface area contributed by atoms with E-state index in [4.69, 9.17) is 9.47 Å². The molecule has 2 aliphatic rings. The number of benzene rings is 1. The third kappa shape index (κ3) is 2.88. The van der Waals surface area contributed by atoms with Crippen molar-refractivity contribution >= 4 is 15.9 Å². The minimum Gasteiger partial charge on any atom is -0.454 e. The molecule has 5 heteroatoms. The smallest absolute Gasteiger partial charge is 0.231 e. The summed E-state index contributed by atoms with van der Waals surface area (Å²) >= 11 is 3.55. The molecule has 1 aliphatic heterocycles. The first kappa shape index (κ1) is 13.2. The Morgan fingerprint density at radius 3 is 2.74 bits per heavy atom. The highest BCUT2D eigenvalue weighted by molar-refractivity contribution is 9.10. The van der Waals surface area contributed by atoms with Gasteiger partial charge in [-0.25, -0.2) is 0 Å². The molecule has 1 aromatic rings. The first-order valence-electron chi connectivity index (χ1n) is 6.73. The summed E-state index contributed by atoms with van der Waals surface area (Å²) < 4.78 is 11.7. The summed E-state index contributed by atoms with van der Waals surface area (Å²) in [6, 6.07) is 4.14. The van der Waals surface area contributed by atoms with Gasteiger partial charge in [-0.15, -0.1) is 0 Å². The predicted molar refractivity (Wildman–Crippen MR) is 75.4 cm³/mol. The summed E-state index contributed by atoms with van der Waals surface area (Å²) in [5.74, 6) is 1.58. The Bertz CT molecular complexity index is 466. The fourth-order valence-corrected chi connectivity index (χ4v) is 3.15. The SMILES string of the molecule is OC1CCCCC1NCc1cc2c(cc1Br)OCO2.